The topological polar surface area (TPSA) is 158 Å². The minimum absolute atomic E-state index is 0.0362. The molecule has 0 spiro atoms. The average molecular weight is 549 g/mol. The molecule has 1 fully saturated rings. The van der Waals surface area contributed by atoms with Gasteiger partial charge in [-0.25, -0.2) is 15.0 Å². The van der Waals surface area contributed by atoms with Crippen LogP contribution in [0.5, 0.6) is 6.01 Å². The summed E-state index contributed by atoms with van der Waals surface area (Å²) >= 11 is 5.90. The van der Waals surface area contributed by atoms with Crippen molar-refractivity contribution >= 4 is 46.0 Å². The lowest BCUT2D eigenvalue weighted by Gasteiger charge is -2.37. The van der Waals surface area contributed by atoms with Crippen molar-refractivity contribution in [1.29, 1.82) is 0 Å². The van der Waals surface area contributed by atoms with Gasteiger partial charge in [0.15, 0.2) is 5.69 Å². The van der Waals surface area contributed by atoms with Gasteiger partial charge in [0.1, 0.15) is 24.1 Å². The number of methoxy groups -OCH3 is 1. The molecule has 0 radical (unpaired) electrons. The summed E-state index contributed by atoms with van der Waals surface area (Å²) in [5.41, 5.74) is 7.65. The highest BCUT2D eigenvalue weighted by atomic mass is 35.5. The Morgan fingerprint density at radius 1 is 1.15 bits per heavy atom. The number of rotatable bonds is 9. The Morgan fingerprint density at radius 3 is 2.56 bits per heavy atom. The minimum atomic E-state index is -0.724. The zero-order chi connectivity index (χ0) is 27.5. The summed E-state index contributed by atoms with van der Waals surface area (Å²) in [4.78, 5) is 52.3. The maximum Gasteiger partial charge on any atom is 0.316 e. The second kappa shape index (κ2) is 11.0. The first-order valence-corrected chi connectivity index (χ1v) is 12.6. The summed E-state index contributed by atoms with van der Waals surface area (Å²) in [6.45, 7) is -0.324. The molecule has 0 saturated heterocycles. The quantitative estimate of drug-likeness (QED) is 0.302. The van der Waals surface area contributed by atoms with E-state index < -0.39 is 5.91 Å². The van der Waals surface area contributed by atoms with Crippen LogP contribution >= 0.6 is 11.6 Å². The molecule has 0 atom stereocenters. The molecular formula is C26H25ClN8O4. The number of amides is 3. The number of carbonyl (C=O) groups is 3. The Hall–Kier alpha value is -4.58. The summed E-state index contributed by atoms with van der Waals surface area (Å²) in [6.07, 6.45) is 5.78. The molecule has 3 aromatic heterocycles. The van der Waals surface area contributed by atoms with Crippen molar-refractivity contribution in [3.05, 3.63) is 59.6 Å². The number of aromatic nitrogens is 5. The summed E-state index contributed by atoms with van der Waals surface area (Å²) < 4.78 is 6.45. The van der Waals surface area contributed by atoms with Gasteiger partial charge in [-0.05, 0) is 49.1 Å². The maximum atomic E-state index is 13.5. The lowest BCUT2D eigenvalue weighted by atomic mass is 9.91. The molecule has 4 aromatic rings. The number of nitrogens with zero attached hydrogens (tertiary/aromatic N) is 6. The number of fused-ring (bicyclic) bond motifs is 1. The van der Waals surface area contributed by atoms with Crippen LogP contribution in [0.25, 0.3) is 22.0 Å². The number of nitrogens with two attached hydrogens (primary N) is 1. The number of hydrogen-bond acceptors (Lipinski definition) is 8. The molecular weight excluding hydrogens is 524 g/mol. The highest BCUT2D eigenvalue weighted by Gasteiger charge is 2.31. The molecule has 5 rings (SSSR count). The summed E-state index contributed by atoms with van der Waals surface area (Å²) in [5, 5.41) is 7.77. The van der Waals surface area contributed by atoms with Crippen molar-refractivity contribution in [2.45, 2.75) is 31.8 Å². The molecule has 3 amide bonds. The fourth-order valence-corrected chi connectivity index (χ4v) is 4.55. The number of halogens is 1. The highest BCUT2D eigenvalue weighted by Crippen LogP contribution is 2.28. The van der Waals surface area contributed by atoms with Crippen LogP contribution in [0, 0.1) is 0 Å². The molecule has 1 aliphatic carbocycles. The zero-order valence-electron chi connectivity index (χ0n) is 21.0. The fourth-order valence-electron chi connectivity index (χ4n) is 4.39. The van der Waals surface area contributed by atoms with Gasteiger partial charge in [-0.3, -0.25) is 19.1 Å². The van der Waals surface area contributed by atoms with Gasteiger partial charge in [-0.2, -0.15) is 5.10 Å². The summed E-state index contributed by atoms with van der Waals surface area (Å²) in [6, 6.07) is 10.4. The predicted molar refractivity (Wildman–Crippen MR) is 143 cm³/mol. The van der Waals surface area contributed by atoms with Crippen LogP contribution in [0.2, 0.25) is 5.15 Å². The monoisotopic (exact) mass is 548 g/mol. The van der Waals surface area contributed by atoms with Crippen molar-refractivity contribution in [2.75, 3.05) is 19.0 Å². The van der Waals surface area contributed by atoms with Crippen molar-refractivity contribution in [1.82, 2.24) is 29.6 Å². The van der Waals surface area contributed by atoms with E-state index in [1.54, 1.807) is 47.6 Å². The normalized spacial score (nSPS) is 13.1. The third-order valence-electron chi connectivity index (χ3n) is 6.55. The van der Waals surface area contributed by atoms with E-state index >= 15 is 0 Å². The van der Waals surface area contributed by atoms with Gasteiger partial charge in [-0.1, -0.05) is 23.7 Å². The largest absolute Gasteiger partial charge is 0.467 e. The second-order valence-corrected chi connectivity index (χ2v) is 9.45. The molecule has 12 nitrogen and oxygen atoms in total. The van der Waals surface area contributed by atoms with Gasteiger partial charge in [0.2, 0.25) is 11.8 Å². The molecule has 39 heavy (non-hydrogen) atoms. The van der Waals surface area contributed by atoms with Gasteiger partial charge in [0.25, 0.3) is 5.91 Å². The van der Waals surface area contributed by atoms with Gasteiger partial charge in [-0.15, -0.1) is 0 Å². The number of primary amides is 1. The van der Waals surface area contributed by atoms with Crippen LogP contribution < -0.4 is 15.8 Å². The van der Waals surface area contributed by atoms with Crippen LogP contribution in [0.3, 0.4) is 0 Å². The van der Waals surface area contributed by atoms with Gasteiger partial charge in [0, 0.05) is 29.4 Å². The highest BCUT2D eigenvalue weighted by molar-refractivity contribution is 6.29. The fraction of sp³-hybridized carbons (Fsp3) is 0.269. The Balaban J connectivity index is 1.39. The van der Waals surface area contributed by atoms with Crippen LogP contribution in [0.15, 0.2) is 48.8 Å². The zero-order valence-corrected chi connectivity index (χ0v) is 21.8. The second-order valence-electron chi connectivity index (χ2n) is 9.06. The van der Waals surface area contributed by atoms with Gasteiger partial charge < -0.3 is 20.7 Å². The van der Waals surface area contributed by atoms with Crippen LogP contribution in [0.4, 0.5) is 5.82 Å². The molecule has 0 unspecified atom stereocenters. The minimum Gasteiger partial charge on any atom is -0.467 e. The van der Waals surface area contributed by atoms with E-state index in [9.17, 15) is 14.4 Å². The van der Waals surface area contributed by atoms with E-state index in [0.29, 0.717) is 22.3 Å². The van der Waals surface area contributed by atoms with Crippen molar-refractivity contribution in [3.8, 4) is 17.1 Å². The number of ether oxygens (including phenoxy) is 1. The van der Waals surface area contributed by atoms with E-state index in [1.807, 2.05) is 6.07 Å². The molecule has 3 N–H and O–H groups in total. The molecule has 1 saturated carbocycles. The van der Waals surface area contributed by atoms with Crippen LogP contribution in [-0.2, 0) is 16.1 Å². The Kier molecular flexibility index (Phi) is 7.37. The van der Waals surface area contributed by atoms with Crippen LogP contribution in [0.1, 0.15) is 29.8 Å². The SMILES string of the molecule is COc1ncc(-c2ccc3c(c2)c(C(N)=O)nn3CC(=O)N(CC(=O)Nc2cccc(Cl)n2)C2CCC2)cn1. The Bertz CT molecular complexity index is 1550. The van der Waals surface area contributed by atoms with Crippen molar-refractivity contribution in [3.63, 3.8) is 0 Å². The predicted octanol–water partition coefficient (Wildman–Crippen LogP) is 2.67. The van der Waals surface area contributed by atoms with Crippen LogP contribution in [-0.4, -0.2) is 67.1 Å². The smallest absolute Gasteiger partial charge is 0.316 e. The number of benzene rings is 1. The first kappa shape index (κ1) is 26.0. The molecule has 13 heteroatoms. The van der Waals surface area contributed by atoms with E-state index in [0.717, 1.165) is 24.8 Å². The number of nitrogens with one attached hydrogen (secondary N) is 1. The van der Waals surface area contributed by atoms with Crippen molar-refractivity contribution < 1.29 is 19.1 Å². The Labute approximate surface area is 228 Å². The number of pyridine rings is 1. The first-order valence-electron chi connectivity index (χ1n) is 12.2. The van der Waals surface area contributed by atoms with E-state index in [4.69, 9.17) is 22.1 Å². The third-order valence-corrected chi connectivity index (χ3v) is 6.76. The molecule has 200 valence electrons. The average Bonchev–Trinajstić information content (AvgIpc) is 3.25. The van der Waals surface area contributed by atoms with Gasteiger partial charge in [0.05, 0.1) is 12.6 Å². The molecule has 1 aromatic carbocycles. The summed E-state index contributed by atoms with van der Waals surface area (Å²) in [7, 11) is 1.48. The molecule has 0 bridgehead atoms. The van der Waals surface area contributed by atoms with E-state index in [2.05, 4.69) is 25.4 Å². The Morgan fingerprint density at radius 2 is 1.92 bits per heavy atom. The standard InChI is InChI=1S/C26H25ClN8O4/c1-39-26-29-11-16(12-30-26)15-8-9-19-18(10-15)24(25(28)38)33-35(19)14-23(37)34(17-4-2-5-17)13-22(36)32-21-7-3-6-20(27)31-21/h3,6-12,17H,2,4-5,13-14H2,1H3,(H2,28,38)(H,31,32,36). The summed E-state index contributed by atoms with van der Waals surface area (Å²) in [5.74, 6) is -1.12. The van der Waals surface area contributed by atoms with Gasteiger partial charge >= 0.3 is 6.01 Å². The molecule has 3 heterocycles. The van der Waals surface area contributed by atoms with E-state index in [-0.39, 0.29) is 47.8 Å². The molecule has 1 aliphatic rings. The molecule has 0 aliphatic heterocycles. The lowest BCUT2D eigenvalue weighted by molar-refractivity contribution is -0.139. The number of carbonyl (C=O) groups excluding carboxylic acids is 3. The van der Waals surface area contributed by atoms with E-state index in [1.165, 1.54) is 11.8 Å². The maximum absolute atomic E-state index is 13.5. The lowest BCUT2D eigenvalue weighted by Crippen LogP contribution is -2.49. The number of hydrogen-bond donors (Lipinski definition) is 2. The third kappa shape index (κ3) is 5.65. The number of anilines is 1. The first-order chi connectivity index (χ1) is 18.8. The van der Waals surface area contributed by atoms with Crippen molar-refractivity contribution in [2.24, 2.45) is 5.73 Å².